The van der Waals surface area contributed by atoms with Crippen LogP contribution in [0.15, 0.2) is 162 Å². The first-order chi connectivity index (χ1) is 52.8. The van der Waals surface area contributed by atoms with E-state index in [1.807, 2.05) is 151 Å². The van der Waals surface area contributed by atoms with Gasteiger partial charge in [-0.15, -0.1) is 0 Å². The molecule has 4 saturated heterocycles. The highest BCUT2D eigenvalue weighted by Crippen LogP contribution is 2.42. The molecule has 22 N–H and O–H groups in total. The summed E-state index contributed by atoms with van der Waals surface area (Å²) < 4.78 is 54.3. The molecule has 110 heavy (non-hydrogen) atoms. The average molecular weight is 1540 g/mol. The summed E-state index contributed by atoms with van der Waals surface area (Å²) in [5.41, 5.74) is 24.5. The summed E-state index contributed by atoms with van der Waals surface area (Å²) >= 11 is 0. The quantitative estimate of drug-likeness (QED) is 0.0122. The third-order valence-electron chi connectivity index (χ3n) is 22.7. The van der Waals surface area contributed by atoms with Crippen LogP contribution in [0.5, 0.6) is 0 Å². The Hall–Kier alpha value is -6.36. The normalized spacial score (nSPS) is 36.5. The number of benzene rings is 5. The Labute approximate surface area is 643 Å². The minimum Gasteiger partial charge on any atom is -0.394 e. The van der Waals surface area contributed by atoms with E-state index in [1.165, 1.54) is 7.05 Å². The molecular weight excluding hydrogens is 1420 g/mol. The topological polar surface area (TPSA) is 463 Å². The molecule has 4 aliphatic heterocycles. The summed E-state index contributed by atoms with van der Waals surface area (Å²) in [6.07, 6.45) is -24.2. The number of nitrogens with one attached hydrogen (secondary N) is 4. The summed E-state index contributed by atoms with van der Waals surface area (Å²) in [6.45, 7) is 6.72. The van der Waals surface area contributed by atoms with Crippen LogP contribution in [0.2, 0.25) is 0 Å². The third kappa shape index (κ3) is 20.4. The van der Waals surface area contributed by atoms with E-state index in [0.29, 0.717) is 52.0 Å². The second kappa shape index (κ2) is 38.6. The third-order valence-corrected chi connectivity index (χ3v) is 22.7. The number of guanidine groups is 2. The number of nitrogens with zero attached hydrogens (tertiary/aromatic N) is 5. The van der Waals surface area contributed by atoms with Gasteiger partial charge in [-0.2, -0.15) is 0 Å². The molecule has 2 saturated carbocycles. The summed E-state index contributed by atoms with van der Waals surface area (Å²) in [5.74, 6) is -1.05. The van der Waals surface area contributed by atoms with Crippen LogP contribution in [0.25, 0.3) is 0 Å². The zero-order chi connectivity index (χ0) is 78.6. The molecule has 28 atom stereocenters. The zero-order valence-electron chi connectivity index (χ0n) is 63.4. The molecule has 31 heteroatoms. The highest BCUT2D eigenvalue weighted by atomic mass is 16.8. The first-order valence-corrected chi connectivity index (χ1v) is 38.2. The van der Waals surface area contributed by atoms with E-state index in [2.05, 4.69) is 67.2 Å². The second-order valence-corrected chi connectivity index (χ2v) is 30.6. The molecule has 12 unspecified atom stereocenters. The van der Waals surface area contributed by atoms with Gasteiger partial charge in [0.15, 0.2) is 37.1 Å². The van der Waals surface area contributed by atoms with E-state index in [9.17, 15) is 51.1 Å². The first-order valence-electron chi connectivity index (χ1n) is 38.2. The molecule has 0 bridgehead atoms. The average Bonchev–Trinajstić information content (AvgIpc) is 1.42. The van der Waals surface area contributed by atoms with Crippen LogP contribution in [-0.2, 0) is 70.6 Å². The van der Waals surface area contributed by atoms with E-state index in [0.717, 1.165) is 27.8 Å². The highest BCUT2D eigenvalue weighted by molar-refractivity contribution is 5.76. The summed E-state index contributed by atoms with van der Waals surface area (Å²) in [5, 5.41) is 133. The number of aliphatic hydroxyl groups is 10. The fourth-order valence-electron chi connectivity index (χ4n) is 16.6. The minimum absolute atomic E-state index is 0.160. The fourth-order valence-corrected chi connectivity index (χ4v) is 16.6. The van der Waals surface area contributed by atoms with Crippen LogP contribution in [0, 0.1) is 0 Å². The Balaban J connectivity index is 0.925. The molecule has 6 aliphatic rings. The number of aliphatic imine (C=N–C) groups is 2. The van der Waals surface area contributed by atoms with Gasteiger partial charge in [-0.25, -0.2) is 9.98 Å². The summed E-state index contributed by atoms with van der Waals surface area (Å²) in [4.78, 5) is 14.5. The standard InChI is InChI=1S/C79H117N13O18/c1-45(90(5)39-49-26-16-9-17-27-49)55-33-32-54(72(105-55)107-67-52(86-37-47-22-12-7-13-23-47)36-53(87-38-48-24-14-8-15-25-48)68(65(67)99)108-74-66(100)70(78(3,101)44-103-74)91(6)40-50-28-18-10-19-29-50)92(41-51-30-20-11-21-31-51)35-34-85-43-79(102)46(2)104-75(71(79)110-73-59(84-4)63(97)60(94)56(42-93)106-73)109-69-58(89-77(82)83)61(95)57(88-76(80)81)62(96)64(69)98/h7-31,45-46,52-75,84-87,93-102H,32-44H2,1-6H3,(H4,80,81,88)(H4,82,83,89)/t45?,46-,52-,53?,54+,55-,56?,57?,58-,59?,60-,61?,62-,63+,64-,65-,66+,67?,68?,69?,70+,71?,72?,73-,74?,75-,78-,79-/m0/s1. The van der Waals surface area contributed by atoms with Crippen LogP contribution in [0.1, 0.15) is 67.9 Å². The van der Waals surface area contributed by atoms with E-state index in [-0.39, 0.29) is 32.3 Å². The molecule has 4 heterocycles. The van der Waals surface area contributed by atoms with Gasteiger partial charge in [-0.1, -0.05) is 152 Å². The molecule has 6 fully saturated rings. The molecule has 0 aromatic heterocycles. The van der Waals surface area contributed by atoms with Crippen LogP contribution < -0.4 is 44.2 Å². The van der Waals surface area contributed by atoms with Crippen molar-refractivity contribution < 1.29 is 89.0 Å². The van der Waals surface area contributed by atoms with Gasteiger partial charge in [0.05, 0.1) is 43.5 Å². The Morgan fingerprint density at radius 2 is 1.09 bits per heavy atom. The zero-order valence-corrected chi connectivity index (χ0v) is 63.4. The Kier molecular flexibility index (Phi) is 29.7. The number of likely N-dealkylation sites (N-methyl/N-ethyl adjacent to an activating group) is 3. The van der Waals surface area contributed by atoms with Crippen molar-refractivity contribution in [3.05, 3.63) is 179 Å². The number of aliphatic hydroxyl groups excluding tert-OH is 8. The monoisotopic (exact) mass is 1540 g/mol. The lowest BCUT2D eigenvalue weighted by Crippen LogP contribution is -2.69. The lowest BCUT2D eigenvalue weighted by molar-refractivity contribution is -0.320. The first kappa shape index (κ1) is 84.5. The van der Waals surface area contributed by atoms with Gasteiger partial charge in [0, 0.05) is 70.5 Å². The Morgan fingerprint density at radius 1 is 0.573 bits per heavy atom. The van der Waals surface area contributed by atoms with E-state index >= 15 is 0 Å². The van der Waals surface area contributed by atoms with Gasteiger partial charge in [0.2, 0.25) is 0 Å². The SMILES string of the molecule is CNC1[C@H](OC2[C@H](OC3[C@@H](N=C(N)N)C(O)C(N=C(N)N)[C@H](O)[C@@H]3O)O[C@@H](C)[C@@]2(O)CNCCN(Cc2ccccc2)[C@@H]2CC[C@@H](C(C)N(C)Cc3ccccc3)OC2OC2[C@H](O)C(OC3OC[C@](C)(O)[C@H](N(C)Cc4ccccc4)[C@H]3O)C(NCc3ccccc3)C[C@@H]2NCc2ccccc2)OC(CO)[C@H](O)[C@@H]1O. The maximum atomic E-state index is 13.7. The van der Waals surface area contributed by atoms with Crippen molar-refractivity contribution >= 4 is 11.9 Å². The van der Waals surface area contributed by atoms with E-state index in [4.69, 9.17) is 60.8 Å². The highest BCUT2D eigenvalue weighted by Gasteiger charge is 2.61. The fraction of sp³-hybridized carbons (Fsp3) is 0.595. The smallest absolute Gasteiger partial charge is 0.187 e. The van der Waals surface area contributed by atoms with Crippen molar-refractivity contribution in [2.45, 2.75) is 243 Å². The number of ether oxygens (including phenoxy) is 8. The molecule has 606 valence electrons. The number of nitrogens with two attached hydrogens (primary N) is 4. The lowest BCUT2D eigenvalue weighted by Gasteiger charge is -2.52. The van der Waals surface area contributed by atoms with Gasteiger partial charge < -0.3 is 133 Å². The predicted molar refractivity (Wildman–Crippen MR) is 408 cm³/mol. The van der Waals surface area contributed by atoms with Crippen LogP contribution in [0.3, 0.4) is 0 Å². The number of rotatable bonds is 33. The van der Waals surface area contributed by atoms with Crippen molar-refractivity contribution in [1.82, 2.24) is 36.0 Å². The van der Waals surface area contributed by atoms with E-state index in [1.54, 1.807) is 13.8 Å². The van der Waals surface area contributed by atoms with Gasteiger partial charge in [0.25, 0.3) is 0 Å². The Bertz CT molecular complexity index is 3640. The van der Waals surface area contributed by atoms with Crippen molar-refractivity contribution in [3.8, 4) is 0 Å². The summed E-state index contributed by atoms with van der Waals surface area (Å²) in [6, 6.07) is 42.7. The van der Waals surface area contributed by atoms with Crippen LogP contribution in [-0.4, -0.2) is 302 Å². The predicted octanol–water partition coefficient (Wildman–Crippen LogP) is -2.05. The molecule has 5 aromatic rings. The molecule has 2 aliphatic carbocycles. The van der Waals surface area contributed by atoms with Crippen LogP contribution in [0.4, 0.5) is 0 Å². The van der Waals surface area contributed by atoms with E-state index < -0.39 is 183 Å². The molecule has 5 aromatic carbocycles. The maximum Gasteiger partial charge on any atom is 0.187 e. The van der Waals surface area contributed by atoms with Crippen LogP contribution >= 0.6 is 0 Å². The molecule has 31 nitrogen and oxygen atoms in total. The lowest BCUT2D eigenvalue weighted by atomic mass is 9.81. The second-order valence-electron chi connectivity index (χ2n) is 30.6. The molecule has 0 spiro atoms. The number of hydrogen-bond acceptors (Lipinski definition) is 27. The molecular formula is C79H117N13O18. The summed E-state index contributed by atoms with van der Waals surface area (Å²) in [7, 11) is 5.40. The van der Waals surface area contributed by atoms with Gasteiger partial charge in [0.1, 0.15) is 96.5 Å². The number of hydrogen-bond donors (Lipinski definition) is 18. The van der Waals surface area contributed by atoms with Crippen molar-refractivity contribution in [1.29, 1.82) is 0 Å². The molecule has 11 rings (SSSR count). The molecule has 0 amide bonds. The van der Waals surface area contributed by atoms with Gasteiger partial charge in [-0.3, -0.25) is 14.7 Å². The van der Waals surface area contributed by atoms with Crippen molar-refractivity contribution in [2.75, 3.05) is 54.0 Å². The minimum atomic E-state index is -2.12. The van der Waals surface area contributed by atoms with Crippen molar-refractivity contribution in [2.24, 2.45) is 32.9 Å². The largest absolute Gasteiger partial charge is 0.394 e. The van der Waals surface area contributed by atoms with Crippen molar-refractivity contribution in [3.63, 3.8) is 0 Å². The Morgan fingerprint density at radius 3 is 1.64 bits per heavy atom. The maximum absolute atomic E-state index is 13.7. The van der Waals surface area contributed by atoms with Gasteiger partial charge >= 0.3 is 0 Å². The van der Waals surface area contributed by atoms with Gasteiger partial charge in [-0.05, 0) is 89.0 Å². The molecule has 0 radical (unpaired) electrons.